The second-order valence-corrected chi connectivity index (χ2v) is 6.07. The van der Waals surface area contributed by atoms with Crippen LogP contribution in [0, 0.1) is 0 Å². The first kappa shape index (κ1) is 14.8. The molecule has 4 nitrogen and oxygen atoms in total. The fourth-order valence-electron chi connectivity index (χ4n) is 3.45. The van der Waals surface area contributed by atoms with Crippen LogP contribution in [0.1, 0.15) is 53.7 Å². The highest BCUT2D eigenvalue weighted by atomic mass is 16.2. The maximum absolute atomic E-state index is 12.7. The topological polar surface area (TPSA) is 49.4 Å². The molecule has 1 N–H and O–H groups in total. The highest BCUT2D eigenvalue weighted by Crippen LogP contribution is 2.30. The quantitative estimate of drug-likeness (QED) is 0.932. The Labute approximate surface area is 131 Å². The molecule has 0 spiro atoms. The molecule has 0 saturated carbocycles. The molecule has 0 aromatic heterocycles. The zero-order chi connectivity index (χ0) is 15.9. The lowest BCUT2D eigenvalue weighted by atomic mass is 9.97. The molecule has 22 heavy (non-hydrogen) atoms. The summed E-state index contributed by atoms with van der Waals surface area (Å²) in [6.07, 6.45) is 3.28. The number of aryl methyl sites for hydroxylation is 2. The highest BCUT2D eigenvalue weighted by Gasteiger charge is 2.38. The summed E-state index contributed by atoms with van der Waals surface area (Å²) < 4.78 is 0. The first-order valence-corrected chi connectivity index (χ1v) is 7.99. The lowest BCUT2D eigenvalue weighted by Crippen LogP contribution is -2.49. The van der Waals surface area contributed by atoms with E-state index in [-0.39, 0.29) is 17.9 Å². The normalized spacial score (nSPS) is 21.1. The van der Waals surface area contributed by atoms with E-state index in [4.69, 9.17) is 0 Å². The summed E-state index contributed by atoms with van der Waals surface area (Å²) in [5, 5.41) is 2.77. The van der Waals surface area contributed by atoms with Crippen molar-refractivity contribution in [1.29, 1.82) is 0 Å². The number of nitrogens with zero attached hydrogens (tertiary/aromatic N) is 1. The van der Waals surface area contributed by atoms with Crippen molar-refractivity contribution >= 4 is 11.8 Å². The summed E-state index contributed by atoms with van der Waals surface area (Å²) in [4.78, 5) is 26.6. The van der Waals surface area contributed by atoms with Crippen molar-refractivity contribution in [3.05, 3.63) is 46.7 Å². The van der Waals surface area contributed by atoms with Crippen LogP contribution in [0.3, 0.4) is 0 Å². The molecule has 1 aromatic carbocycles. The second kappa shape index (κ2) is 5.59. The van der Waals surface area contributed by atoms with Gasteiger partial charge < -0.3 is 10.2 Å². The van der Waals surface area contributed by atoms with E-state index >= 15 is 0 Å². The number of nitrogens with one attached hydrogen (secondary N) is 1. The average molecular weight is 298 g/mol. The van der Waals surface area contributed by atoms with Gasteiger partial charge in [0.1, 0.15) is 6.04 Å². The smallest absolute Gasteiger partial charge is 0.255 e. The molecule has 2 heterocycles. The van der Waals surface area contributed by atoms with Crippen LogP contribution in [0.4, 0.5) is 0 Å². The minimum atomic E-state index is -0.374. The van der Waals surface area contributed by atoms with E-state index in [0.29, 0.717) is 13.0 Å². The van der Waals surface area contributed by atoms with Crippen molar-refractivity contribution in [1.82, 2.24) is 10.2 Å². The van der Waals surface area contributed by atoms with Gasteiger partial charge in [0.2, 0.25) is 5.91 Å². The van der Waals surface area contributed by atoms with Gasteiger partial charge in [-0.1, -0.05) is 26.5 Å². The van der Waals surface area contributed by atoms with E-state index in [2.05, 4.69) is 31.8 Å². The molecule has 3 rings (SSSR count). The molecule has 0 bridgehead atoms. The lowest BCUT2D eigenvalue weighted by molar-refractivity contribution is -0.126. The van der Waals surface area contributed by atoms with Gasteiger partial charge in [-0.2, -0.15) is 0 Å². The molecular weight excluding hydrogens is 276 g/mol. The Hall–Kier alpha value is -2.10. The molecule has 1 saturated heterocycles. The van der Waals surface area contributed by atoms with Gasteiger partial charge in [0.25, 0.3) is 5.91 Å². The van der Waals surface area contributed by atoms with E-state index in [1.54, 1.807) is 4.90 Å². The van der Waals surface area contributed by atoms with Crippen LogP contribution < -0.4 is 5.32 Å². The molecule has 2 amide bonds. The number of carbonyl (C=O) groups excluding carboxylic acids is 2. The summed E-state index contributed by atoms with van der Waals surface area (Å²) in [7, 11) is 0. The Bertz CT molecular complexity index is 663. The minimum absolute atomic E-state index is 0.0139. The largest absolute Gasteiger partial charge is 0.329 e. The zero-order valence-corrected chi connectivity index (χ0v) is 13.2. The predicted molar refractivity (Wildman–Crippen MR) is 85.4 cm³/mol. The Morgan fingerprint density at radius 1 is 1.23 bits per heavy atom. The van der Waals surface area contributed by atoms with Crippen LogP contribution in [-0.2, 0) is 24.2 Å². The van der Waals surface area contributed by atoms with E-state index < -0.39 is 0 Å². The molecule has 1 unspecified atom stereocenters. The van der Waals surface area contributed by atoms with E-state index in [1.807, 2.05) is 6.07 Å². The number of hydrogen-bond donors (Lipinski definition) is 1. The zero-order valence-electron chi connectivity index (χ0n) is 13.2. The Balaban J connectivity index is 1.91. The number of amides is 2. The lowest BCUT2D eigenvalue weighted by Gasteiger charge is -2.30. The van der Waals surface area contributed by atoms with E-state index in [0.717, 1.165) is 36.1 Å². The molecule has 1 aromatic rings. The molecule has 2 aliphatic heterocycles. The number of carbonyl (C=O) groups is 2. The molecule has 116 valence electrons. The summed E-state index contributed by atoms with van der Waals surface area (Å²) in [5.74, 6) is -0.121. The molecule has 0 aliphatic carbocycles. The van der Waals surface area contributed by atoms with Gasteiger partial charge in [-0.25, -0.2) is 0 Å². The van der Waals surface area contributed by atoms with Crippen LogP contribution in [-0.4, -0.2) is 22.8 Å². The van der Waals surface area contributed by atoms with Crippen molar-refractivity contribution in [2.45, 2.75) is 52.1 Å². The van der Waals surface area contributed by atoms with Gasteiger partial charge in [-0.3, -0.25) is 9.59 Å². The van der Waals surface area contributed by atoms with Crippen LogP contribution in [0.25, 0.3) is 0 Å². The predicted octanol–water partition coefficient (Wildman–Crippen LogP) is 2.56. The second-order valence-electron chi connectivity index (χ2n) is 6.07. The average Bonchev–Trinajstić information content (AvgIpc) is 2.82. The van der Waals surface area contributed by atoms with Crippen LogP contribution in [0.15, 0.2) is 24.4 Å². The Kier molecular flexibility index (Phi) is 3.77. The van der Waals surface area contributed by atoms with Crippen LogP contribution in [0.2, 0.25) is 0 Å². The van der Waals surface area contributed by atoms with E-state index in [1.165, 1.54) is 11.1 Å². The van der Waals surface area contributed by atoms with Gasteiger partial charge >= 0.3 is 0 Å². The summed E-state index contributed by atoms with van der Waals surface area (Å²) in [6.45, 7) is 8.58. The van der Waals surface area contributed by atoms with Crippen LogP contribution in [0.5, 0.6) is 0 Å². The number of allylic oxidation sites excluding steroid dienone is 1. The van der Waals surface area contributed by atoms with Crippen molar-refractivity contribution in [2.75, 3.05) is 0 Å². The van der Waals surface area contributed by atoms with Gasteiger partial charge in [0.05, 0.1) is 0 Å². The summed E-state index contributed by atoms with van der Waals surface area (Å²) in [6, 6.07) is 3.79. The fourth-order valence-corrected chi connectivity index (χ4v) is 3.45. The number of benzene rings is 1. The number of piperidine rings is 1. The third-order valence-corrected chi connectivity index (χ3v) is 4.72. The third kappa shape index (κ3) is 2.32. The van der Waals surface area contributed by atoms with Crippen LogP contribution >= 0.6 is 0 Å². The fraction of sp³-hybridized carbons (Fsp3) is 0.444. The van der Waals surface area contributed by atoms with Crippen molar-refractivity contribution in [3.63, 3.8) is 0 Å². The van der Waals surface area contributed by atoms with E-state index in [9.17, 15) is 9.59 Å². The maximum Gasteiger partial charge on any atom is 0.255 e. The molecule has 0 radical (unpaired) electrons. The first-order chi connectivity index (χ1) is 10.5. The van der Waals surface area contributed by atoms with Crippen molar-refractivity contribution in [2.24, 2.45) is 0 Å². The monoisotopic (exact) mass is 298 g/mol. The number of hydrogen-bond acceptors (Lipinski definition) is 2. The maximum atomic E-state index is 12.7. The number of rotatable bonds is 3. The van der Waals surface area contributed by atoms with Gasteiger partial charge in [-0.05, 0) is 48.4 Å². The summed E-state index contributed by atoms with van der Waals surface area (Å²) in [5.41, 5.74) is 5.10. The molecule has 4 heteroatoms. The highest BCUT2D eigenvalue weighted by molar-refractivity contribution is 6.01. The Morgan fingerprint density at radius 2 is 1.91 bits per heavy atom. The number of fused-ring (bicyclic) bond motifs is 1. The molecule has 2 aliphatic rings. The molecule has 1 fully saturated rings. The molecular formula is C18H22N2O2. The first-order valence-electron chi connectivity index (χ1n) is 7.99. The summed E-state index contributed by atoms with van der Waals surface area (Å²) >= 11 is 0. The molecule has 1 atom stereocenters. The van der Waals surface area contributed by atoms with Crippen molar-refractivity contribution < 1.29 is 9.59 Å². The van der Waals surface area contributed by atoms with Crippen molar-refractivity contribution in [3.8, 4) is 0 Å². The Morgan fingerprint density at radius 3 is 2.55 bits per heavy atom. The third-order valence-electron chi connectivity index (χ3n) is 4.72. The van der Waals surface area contributed by atoms with Gasteiger partial charge in [0.15, 0.2) is 0 Å². The standard InChI is InChI=1S/C18H22N2O2/c1-4-12-8-14-10-20(16-7-6-11(3)19-17(16)21)18(22)15(14)9-13(12)5-2/h8-9,16H,3-7,10H2,1-2H3,(H,19,21). The minimum Gasteiger partial charge on any atom is -0.329 e. The van der Waals surface area contributed by atoms with Gasteiger partial charge in [-0.15, -0.1) is 0 Å². The SMILES string of the molecule is C=C1CCC(N2Cc3cc(CC)c(CC)cc3C2=O)C(=O)N1. The van der Waals surface area contributed by atoms with Gasteiger partial charge in [0, 0.05) is 17.8 Å².